The first-order valence-corrected chi connectivity index (χ1v) is 6.67. The third-order valence-electron chi connectivity index (χ3n) is 3.27. The van der Waals surface area contributed by atoms with Gasteiger partial charge < -0.3 is 5.73 Å². The van der Waals surface area contributed by atoms with Gasteiger partial charge in [0.25, 0.3) is 0 Å². The summed E-state index contributed by atoms with van der Waals surface area (Å²) < 4.78 is 15.4. The fourth-order valence-electron chi connectivity index (χ4n) is 2.38. The van der Waals surface area contributed by atoms with Crippen LogP contribution in [-0.4, -0.2) is 9.78 Å². The summed E-state index contributed by atoms with van der Waals surface area (Å²) in [6.45, 7) is 4.05. The van der Waals surface area contributed by atoms with Crippen LogP contribution in [0.1, 0.15) is 25.2 Å². The fraction of sp³-hybridized carbons (Fsp3) is 0.357. The molecule has 0 radical (unpaired) electrons. The number of nitrogens with two attached hydrogens (primary N) is 1. The lowest BCUT2D eigenvalue weighted by Crippen LogP contribution is -1.99. The van der Waals surface area contributed by atoms with Crippen LogP contribution in [0.5, 0.6) is 0 Å². The molecule has 0 spiro atoms. The number of aryl methyl sites for hydroxylation is 2. The van der Waals surface area contributed by atoms with Crippen LogP contribution in [-0.2, 0) is 19.9 Å². The summed E-state index contributed by atoms with van der Waals surface area (Å²) >= 11 is 5.97. The van der Waals surface area contributed by atoms with E-state index in [1.807, 2.05) is 25.6 Å². The topological polar surface area (TPSA) is 43.8 Å². The molecule has 0 unspecified atom stereocenters. The normalized spacial score (nSPS) is 11.0. The lowest BCUT2D eigenvalue weighted by Gasteiger charge is -2.10. The average Bonchev–Trinajstić information content (AvgIpc) is 2.69. The molecular formula is C14H17ClFN3. The number of nitrogens with zero attached hydrogens (tertiary/aromatic N) is 2. The zero-order chi connectivity index (χ0) is 14.2. The van der Waals surface area contributed by atoms with Gasteiger partial charge in [0.2, 0.25) is 0 Å². The zero-order valence-electron chi connectivity index (χ0n) is 11.3. The maximum Gasteiger partial charge on any atom is 0.125 e. The molecule has 5 heteroatoms. The number of hydrogen-bond donors (Lipinski definition) is 1. The number of benzene rings is 1. The number of rotatable bonds is 3. The molecule has 1 heterocycles. The molecule has 0 amide bonds. The quantitative estimate of drug-likeness (QED) is 0.874. The second-order valence-corrected chi connectivity index (χ2v) is 4.86. The minimum Gasteiger partial charge on any atom is -0.397 e. The predicted octanol–water partition coefficient (Wildman–Crippen LogP) is 3.59. The van der Waals surface area contributed by atoms with Gasteiger partial charge in [0.15, 0.2) is 0 Å². The van der Waals surface area contributed by atoms with E-state index in [0.717, 1.165) is 29.8 Å². The van der Waals surface area contributed by atoms with E-state index in [4.69, 9.17) is 17.3 Å². The van der Waals surface area contributed by atoms with Crippen LogP contribution >= 0.6 is 11.6 Å². The maximum absolute atomic E-state index is 13.6. The van der Waals surface area contributed by atoms with E-state index in [2.05, 4.69) is 5.10 Å². The zero-order valence-corrected chi connectivity index (χ0v) is 12.1. The Labute approximate surface area is 117 Å². The number of hydrogen-bond acceptors (Lipinski definition) is 2. The van der Waals surface area contributed by atoms with Crippen LogP contribution in [0.4, 0.5) is 10.1 Å². The highest BCUT2D eigenvalue weighted by Gasteiger charge is 2.19. The van der Waals surface area contributed by atoms with Crippen LogP contribution in [0.15, 0.2) is 12.1 Å². The van der Waals surface area contributed by atoms with Gasteiger partial charge in [-0.2, -0.15) is 5.10 Å². The van der Waals surface area contributed by atoms with Gasteiger partial charge in [-0.15, -0.1) is 0 Å². The van der Waals surface area contributed by atoms with Crippen LogP contribution < -0.4 is 5.73 Å². The van der Waals surface area contributed by atoms with Crippen LogP contribution in [0.2, 0.25) is 5.02 Å². The van der Waals surface area contributed by atoms with Crippen molar-refractivity contribution in [2.24, 2.45) is 7.05 Å². The second kappa shape index (κ2) is 5.21. The molecule has 0 aliphatic heterocycles. The molecule has 2 N–H and O–H groups in total. The maximum atomic E-state index is 13.6. The smallest absolute Gasteiger partial charge is 0.125 e. The Morgan fingerprint density at radius 1 is 1.32 bits per heavy atom. The molecule has 19 heavy (non-hydrogen) atoms. The van der Waals surface area contributed by atoms with E-state index < -0.39 is 0 Å². The van der Waals surface area contributed by atoms with Crippen molar-refractivity contribution in [1.82, 2.24) is 9.78 Å². The molecule has 0 aliphatic carbocycles. The molecule has 2 rings (SSSR count). The SMILES string of the molecule is CCc1nn(C)c(CC)c1-c1cc(F)cc(Cl)c1N. The van der Waals surface area contributed by atoms with Crippen molar-refractivity contribution in [3.8, 4) is 11.1 Å². The van der Waals surface area contributed by atoms with E-state index in [9.17, 15) is 4.39 Å². The van der Waals surface area contributed by atoms with Crippen LogP contribution in [0.25, 0.3) is 11.1 Å². The highest BCUT2D eigenvalue weighted by molar-refractivity contribution is 6.33. The van der Waals surface area contributed by atoms with Crippen molar-refractivity contribution < 1.29 is 4.39 Å². The first kappa shape index (κ1) is 13.9. The predicted molar refractivity (Wildman–Crippen MR) is 76.8 cm³/mol. The summed E-state index contributed by atoms with van der Waals surface area (Å²) in [4.78, 5) is 0. The lowest BCUT2D eigenvalue weighted by molar-refractivity contribution is 0.628. The number of halogens is 2. The Morgan fingerprint density at radius 2 is 2.00 bits per heavy atom. The number of anilines is 1. The van der Waals surface area contributed by atoms with Crippen molar-refractivity contribution in [1.29, 1.82) is 0 Å². The van der Waals surface area contributed by atoms with E-state index in [1.54, 1.807) is 0 Å². The molecule has 3 nitrogen and oxygen atoms in total. The molecule has 0 atom stereocenters. The summed E-state index contributed by atoms with van der Waals surface area (Å²) in [6.07, 6.45) is 1.56. The van der Waals surface area contributed by atoms with Gasteiger partial charge in [-0.3, -0.25) is 4.68 Å². The molecular weight excluding hydrogens is 265 g/mol. The standard InChI is InChI=1S/C14H17ClFN3/c1-4-11-13(12(5-2)19(3)18-11)9-6-8(16)7-10(15)14(9)17/h6-7H,4-5,17H2,1-3H3. The van der Waals surface area contributed by atoms with Gasteiger partial charge in [-0.05, 0) is 25.0 Å². The van der Waals surface area contributed by atoms with Crippen LogP contribution in [0, 0.1) is 5.82 Å². The largest absolute Gasteiger partial charge is 0.397 e. The highest BCUT2D eigenvalue weighted by Crippen LogP contribution is 2.36. The number of nitrogen functional groups attached to an aromatic ring is 1. The summed E-state index contributed by atoms with van der Waals surface area (Å²) in [5, 5.41) is 4.71. The molecule has 0 aliphatic rings. The lowest BCUT2D eigenvalue weighted by atomic mass is 9.99. The van der Waals surface area contributed by atoms with Gasteiger partial charge in [-0.25, -0.2) is 4.39 Å². The molecule has 1 aromatic carbocycles. The molecule has 2 aromatic rings. The van der Waals surface area contributed by atoms with Crippen molar-refractivity contribution >= 4 is 17.3 Å². The second-order valence-electron chi connectivity index (χ2n) is 4.45. The average molecular weight is 282 g/mol. The summed E-state index contributed by atoms with van der Waals surface area (Å²) in [5.74, 6) is -0.387. The summed E-state index contributed by atoms with van der Waals surface area (Å²) in [6, 6.07) is 2.66. The molecule has 0 bridgehead atoms. The Morgan fingerprint density at radius 3 is 2.58 bits per heavy atom. The van der Waals surface area contributed by atoms with E-state index >= 15 is 0 Å². The van der Waals surface area contributed by atoms with E-state index in [1.165, 1.54) is 12.1 Å². The number of aromatic nitrogens is 2. The third kappa shape index (κ3) is 2.32. The Balaban J connectivity index is 2.78. The third-order valence-corrected chi connectivity index (χ3v) is 3.58. The first-order valence-electron chi connectivity index (χ1n) is 6.29. The van der Waals surface area contributed by atoms with Gasteiger partial charge in [0, 0.05) is 23.9 Å². The van der Waals surface area contributed by atoms with Gasteiger partial charge >= 0.3 is 0 Å². The summed E-state index contributed by atoms with van der Waals surface area (Å²) in [7, 11) is 1.89. The van der Waals surface area contributed by atoms with Crippen LogP contribution in [0.3, 0.4) is 0 Å². The molecule has 0 saturated carbocycles. The van der Waals surface area contributed by atoms with Gasteiger partial charge in [0.1, 0.15) is 5.82 Å². The Bertz CT molecular complexity index is 620. The Hall–Kier alpha value is -1.55. The first-order chi connectivity index (χ1) is 8.99. The molecule has 102 valence electrons. The van der Waals surface area contributed by atoms with Gasteiger partial charge in [0.05, 0.1) is 16.4 Å². The van der Waals surface area contributed by atoms with E-state index in [0.29, 0.717) is 11.3 Å². The minimum atomic E-state index is -0.387. The van der Waals surface area contributed by atoms with Crippen molar-refractivity contribution in [3.63, 3.8) is 0 Å². The van der Waals surface area contributed by atoms with E-state index in [-0.39, 0.29) is 10.8 Å². The molecule has 1 aromatic heterocycles. The molecule has 0 saturated heterocycles. The van der Waals surface area contributed by atoms with Gasteiger partial charge in [-0.1, -0.05) is 25.4 Å². The monoisotopic (exact) mass is 281 g/mol. The minimum absolute atomic E-state index is 0.239. The van der Waals surface area contributed by atoms with Crippen molar-refractivity contribution in [2.45, 2.75) is 26.7 Å². The molecule has 0 fully saturated rings. The Kier molecular flexibility index (Phi) is 3.80. The fourth-order valence-corrected chi connectivity index (χ4v) is 2.58. The summed E-state index contributed by atoms with van der Waals surface area (Å²) in [5.41, 5.74) is 9.89. The highest BCUT2D eigenvalue weighted by atomic mass is 35.5. The van der Waals surface area contributed by atoms with Crippen molar-refractivity contribution in [3.05, 3.63) is 34.4 Å². The van der Waals surface area contributed by atoms with Crippen molar-refractivity contribution in [2.75, 3.05) is 5.73 Å².